The van der Waals surface area contributed by atoms with E-state index < -0.39 is 17.1 Å². The number of nitrogens with one attached hydrogen (secondary N) is 1. The number of imidazole rings is 1. The molecule has 0 spiro atoms. The number of ether oxygens (including phenoxy) is 1. The molecule has 3 atom stereocenters. The van der Waals surface area contributed by atoms with Crippen LogP contribution in [-0.2, 0) is 16.1 Å². The average molecular weight is 446 g/mol. The molecule has 0 aliphatic carbocycles. The van der Waals surface area contributed by atoms with E-state index in [4.69, 9.17) is 4.74 Å². The van der Waals surface area contributed by atoms with E-state index in [9.17, 15) is 19.7 Å². The van der Waals surface area contributed by atoms with Crippen LogP contribution in [-0.4, -0.2) is 67.6 Å². The van der Waals surface area contributed by atoms with Gasteiger partial charge in [-0.3, -0.25) is 19.8 Å². The number of thiol groups is 1. The molecule has 0 radical (unpaired) electrons. The Hall–Kier alpha value is -3.08. The molecule has 1 aromatic carbocycles. The number of aromatic nitrogens is 2. The molecule has 164 valence electrons. The van der Waals surface area contributed by atoms with Gasteiger partial charge in [0.25, 0.3) is 5.69 Å². The highest BCUT2D eigenvalue weighted by Crippen LogP contribution is 2.29. The molecule has 0 bridgehead atoms. The number of aromatic amines is 1. The summed E-state index contributed by atoms with van der Waals surface area (Å²) < 4.78 is 5.38. The highest BCUT2D eigenvalue weighted by Gasteiger charge is 2.42. The maximum absolute atomic E-state index is 13.1. The molecule has 3 heterocycles. The number of benzene rings is 1. The molecule has 2 amide bonds. The summed E-state index contributed by atoms with van der Waals surface area (Å²) in [6.45, 7) is 1.47. The van der Waals surface area contributed by atoms with Gasteiger partial charge in [-0.15, -0.1) is 0 Å². The Kier molecular flexibility index (Phi) is 6.12. The molecule has 2 aliphatic rings. The molecule has 2 aromatic rings. The standard InChI is InChI=1S/C20H23N5O5S/c26-19(23-8-5-14(10-23)18-21-6-7-22-18)17-9-16(31)11-24(17)20(27)30-12-13-1-3-15(4-2-13)25(28)29/h1-4,6-7,14,16-17,31H,5,8-12H2,(H,21,22)/t14-,16-,17-/m0/s1. The van der Waals surface area contributed by atoms with Gasteiger partial charge in [-0.2, -0.15) is 12.6 Å². The highest BCUT2D eigenvalue weighted by molar-refractivity contribution is 7.81. The van der Waals surface area contributed by atoms with Crippen LogP contribution in [0, 0.1) is 10.1 Å². The number of likely N-dealkylation sites (tertiary alicyclic amines) is 2. The summed E-state index contributed by atoms with van der Waals surface area (Å²) >= 11 is 4.48. The number of nitro benzene ring substituents is 1. The van der Waals surface area contributed by atoms with Gasteiger partial charge >= 0.3 is 6.09 Å². The van der Waals surface area contributed by atoms with Crippen LogP contribution in [0.1, 0.15) is 30.1 Å². The summed E-state index contributed by atoms with van der Waals surface area (Å²) in [6.07, 6.45) is 4.17. The van der Waals surface area contributed by atoms with E-state index in [-0.39, 0.29) is 29.4 Å². The summed E-state index contributed by atoms with van der Waals surface area (Å²) in [6, 6.07) is 5.19. The highest BCUT2D eigenvalue weighted by atomic mass is 32.1. The first kappa shape index (κ1) is 21.2. The van der Waals surface area contributed by atoms with Crippen LogP contribution >= 0.6 is 12.6 Å². The van der Waals surface area contributed by atoms with Crippen molar-refractivity contribution in [2.75, 3.05) is 19.6 Å². The van der Waals surface area contributed by atoms with Crippen molar-refractivity contribution in [1.29, 1.82) is 0 Å². The molecular weight excluding hydrogens is 422 g/mol. The van der Waals surface area contributed by atoms with E-state index >= 15 is 0 Å². The summed E-state index contributed by atoms with van der Waals surface area (Å²) in [5.41, 5.74) is 0.598. The Morgan fingerprint density at radius 3 is 2.74 bits per heavy atom. The van der Waals surface area contributed by atoms with Gasteiger partial charge in [0.15, 0.2) is 0 Å². The van der Waals surface area contributed by atoms with E-state index in [1.165, 1.54) is 17.0 Å². The average Bonchev–Trinajstić information content (AvgIpc) is 3.51. The Labute approximate surface area is 184 Å². The molecular formula is C20H23N5O5S. The number of rotatable bonds is 5. The zero-order valence-corrected chi connectivity index (χ0v) is 17.6. The van der Waals surface area contributed by atoms with E-state index in [0.29, 0.717) is 31.6 Å². The van der Waals surface area contributed by atoms with Crippen molar-refractivity contribution in [1.82, 2.24) is 19.8 Å². The number of H-pyrrole nitrogens is 1. The SMILES string of the molecule is O=C([C@@H]1C[C@H](S)CN1C(=O)OCc1ccc([N+](=O)[O-])cc1)N1CC[C@H](c2ncc[nH]2)C1. The van der Waals surface area contributed by atoms with Crippen LogP contribution in [0.4, 0.5) is 10.5 Å². The summed E-state index contributed by atoms with van der Waals surface area (Å²) in [7, 11) is 0. The normalized spacial score (nSPS) is 23.2. The molecule has 11 heteroatoms. The Morgan fingerprint density at radius 2 is 2.06 bits per heavy atom. The predicted octanol–water partition coefficient (Wildman–Crippen LogP) is 2.34. The molecule has 31 heavy (non-hydrogen) atoms. The maximum Gasteiger partial charge on any atom is 0.410 e. The summed E-state index contributed by atoms with van der Waals surface area (Å²) in [5, 5.41) is 10.6. The largest absolute Gasteiger partial charge is 0.445 e. The first-order chi connectivity index (χ1) is 14.9. The van der Waals surface area contributed by atoms with E-state index in [1.54, 1.807) is 29.4 Å². The van der Waals surface area contributed by atoms with Gasteiger partial charge in [0.2, 0.25) is 5.91 Å². The fraction of sp³-hybridized carbons (Fsp3) is 0.450. The number of hydrogen-bond donors (Lipinski definition) is 2. The Bertz CT molecular complexity index is 951. The molecule has 10 nitrogen and oxygen atoms in total. The smallest absolute Gasteiger partial charge is 0.410 e. The topological polar surface area (TPSA) is 122 Å². The van der Waals surface area contributed by atoms with Gasteiger partial charge in [-0.1, -0.05) is 0 Å². The van der Waals surface area contributed by atoms with Gasteiger partial charge in [-0.05, 0) is 30.5 Å². The fourth-order valence-corrected chi connectivity index (χ4v) is 4.46. The van der Waals surface area contributed by atoms with Crippen molar-refractivity contribution in [3.63, 3.8) is 0 Å². The molecule has 0 unspecified atom stereocenters. The Balaban J connectivity index is 1.36. The Morgan fingerprint density at radius 1 is 1.29 bits per heavy atom. The van der Waals surface area contributed by atoms with Crippen molar-refractivity contribution in [3.05, 3.63) is 58.2 Å². The lowest BCUT2D eigenvalue weighted by atomic mass is 10.1. The first-order valence-corrected chi connectivity index (χ1v) is 10.6. The molecule has 2 aliphatic heterocycles. The minimum Gasteiger partial charge on any atom is -0.445 e. The van der Waals surface area contributed by atoms with Crippen molar-refractivity contribution in [3.8, 4) is 0 Å². The third-order valence-electron chi connectivity index (χ3n) is 5.71. The van der Waals surface area contributed by atoms with E-state index in [0.717, 1.165) is 12.2 Å². The lowest BCUT2D eigenvalue weighted by molar-refractivity contribution is -0.384. The number of nitro groups is 1. The van der Waals surface area contributed by atoms with Gasteiger partial charge in [0, 0.05) is 55.3 Å². The minimum atomic E-state index is -0.609. The number of amides is 2. The third-order valence-corrected chi connectivity index (χ3v) is 6.09. The third kappa shape index (κ3) is 4.66. The number of hydrogen-bond acceptors (Lipinski definition) is 7. The molecule has 2 fully saturated rings. The molecule has 1 aromatic heterocycles. The second-order valence-corrected chi connectivity index (χ2v) is 8.51. The summed E-state index contributed by atoms with van der Waals surface area (Å²) in [4.78, 5) is 46.7. The van der Waals surface area contributed by atoms with Crippen LogP contribution in [0.5, 0.6) is 0 Å². The van der Waals surface area contributed by atoms with Crippen LogP contribution in [0.15, 0.2) is 36.7 Å². The van der Waals surface area contributed by atoms with Crippen LogP contribution in [0.2, 0.25) is 0 Å². The minimum absolute atomic E-state index is 0.0309. The van der Waals surface area contributed by atoms with E-state index in [2.05, 4.69) is 22.6 Å². The number of non-ortho nitro benzene ring substituents is 1. The van der Waals surface area contributed by atoms with Crippen LogP contribution < -0.4 is 0 Å². The molecule has 2 saturated heterocycles. The van der Waals surface area contributed by atoms with Crippen LogP contribution in [0.3, 0.4) is 0 Å². The number of carbonyl (C=O) groups excluding carboxylic acids is 2. The van der Waals surface area contributed by atoms with Crippen molar-refractivity contribution in [2.24, 2.45) is 0 Å². The lowest BCUT2D eigenvalue weighted by Gasteiger charge is -2.27. The fourth-order valence-electron chi connectivity index (χ4n) is 4.09. The molecule has 4 rings (SSSR count). The first-order valence-electron chi connectivity index (χ1n) is 10.0. The van der Waals surface area contributed by atoms with Gasteiger partial charge in [0.1, 0.15) is 18.5 Å². The zero-order chi connectivity index (χ0) is 22.0. The predicted molar refractivity (Wildman–Crippen MR) is 114 cm³/mol. The second-order valence-electron chi connectivity index (χ2n) is 7.78. The zero-order valence-electron chi connectivity index (χ0n) is 16.7. The second kappa shape index (κ2) is 8.96. The van der Waals surface area contributed by atoms with E-state index in [1.807, 2.05) is 0 Å². The van der Waals surface area contributed by atoms with Crippen molar-refractivity contribution >= 4 is 30.3 Å². The quantitative estimate of drug-likeness (QED) is 0.414. The van der Waals surface area contributed by atoms with Gasteiger partial charge in [-0.25, -0.2) is 9.78 Å². The van der Waals surface area contributed by atoms with Gasteiger partial charge < -0.3 is 14.6 Å². The molecule has 1 N–H and O–H groups in total. The molecule has 0 saturated carbocycles. The van der Waals surface area contributed by atoms with Crippen LogP contribution in [0.25, 0.3) is 0 Å². The monoisotopic (exact) mass is 445 g/mol. The summed E-state index contributed by atoms with van der Waals surface area (Å²) in [5.74, 6) is 0.931. The number of nitrogens with zero attached hydrogens (tertiary/aromatic N) is 4. The van der Waals surface area contributed by atoms with Crippen molar-refractivity contribution in [2.45, 2.75) is 36.7 Å². The maximum atomic E-state index is 13.1. The van der Waals surface area contributed by atoms with Crippen molar-refractivity contribution < 1.29 is 19.2 Å². The lowest BCUT2D eigenvalue weighted by Crippen LogP contribution is -2.47. The van der Waals surface area contributed by atoms with Gasteiger partial charge in [0.05, 0.1) is 4.92 Å². The number of carbonyl (C=O) groups is 2.